The second-order valence-corrected chi connectivity index (χ2v) is 12.7. The van der Waals surface area contributed by atoms with Gasteiger partial charge in [-0.1, -0.05) is 29.0 Å². The molecule has 0 N–H and O–H groups in total. The highest BCUT2D eigenvalue weighted by Gasteiger charge is 2.42. The van der Waals surface area contributed by atoms with Crippen molar-refractivity contribution in [3.63, 3.8) is 0 Å². The lowest BCUT2D eigenvalue weighted by molar-refractivity contribution is -0.121. The summed E-state index contributed by atoms with van der Waals surface area (Å²) in [5, 5.41) is 2.75. The molecule has 0 aliphatic carbocycles. The highest BCUT2D eigenvalue weighted by Crippen LogP contribution is 2.39. The number of hydrogen-bond acceptors (Lipinski definition) is 8. The van der Waals surface area contributed by atoms with Crippen molar-refractivity contribution in [1.29, 1.82) is 0 Å². The van der Waals surface area contributed by atoms with E-state index in [9.17, 15) is 13.2 Å². The van der Waals surface area contributed by atoms with Gasteiger partial charge in [0, 0.05) is 13.1 Å². The molecule has 1 aliphatic heterocycles. The molecule has 1 fully saturated rings. The van der Waals surface area contributed by atoms with Gasteiger partial charge in [-0.2, -0.15) is 4.31 Å². The molecule has 0 bridgehead atoms. The average Bonchev–Trinajstić information content (AvgIpc) is 3.57. The van der Waals surface area contributed by atoms with Crippen LogP contribution >= 0.6 is 34.3 Å². The first-order valence-corrected chi connectivity index (χ1v) is 14.4. The van der Waals surface area contributed by atoms with Crippen LogP contribution in [-0.4, -0.2) is 75.4 Å². The van der Waals surface area contributed by atoms with Crippen LogP contribution in [0.1, 0.15) is 19.3 Å². The van der Waals surface area contributed by atoms with Gasteiger partial charge >= 0.3 is 0 Å². The third-order valence-electron chi connectivity index (χ3n) is 5.70. The maximum Gasteiger partial charge on any atom is 0.253 e. The number of ether oxygens (including phenoxy) is 1. The maximum atomic E-state index is 13.9. The van der Waals surface area contributed by atoms with Gasteiger partial charge in [0.25, 0.3) is 10.0 Å². The zero-order chi connectivity index (χ0) is 24.5. The summed E-state index contributed by atoms with van der Waals surface area (Å²) in [6.45, 7) is 1.52. The van der Waals surface area contributed by atoms with E-state index in [1.165, 1.54) is 15.6 Å². The fraction of sp³-hybridized carbons (Fsp3) is 0.455. The zero-order valence-corrected chi connectivity index (χ0v) is 22.4. The Morgan fingerprint density at radius 1 is 1.29 bits per heavy atom. The number of thiophene rings is 1. The minimum absolute atomic E-state index is 0.253. The van der Waals surface area contributed by atoms with E-state index in [2.05, 4.69) is 0 Å². The monoisotopic (exact) mass is 542 g/mol. The summed E-state index contributed by atoms with van der Waals surface area (Å²) in [4.78, 5) is 22.3. The van der Waals surface area contributed by atoms with Gasteiger partial charge in [-0.25, -0.2) is 13.4 Å². The topological polar surface area (TPSA) is 83.0 Å². The van der Waals surface area contributed by atoms with Crippen LogP contribution in [0.3, 0.4) is 0 Å². The van der Waals surface area contributed by atoms with Crippen LogP contribution in [0.15, 0.2) is 33.9 Å². The summed E-state index contributed by atoms with van der Waals surface area (Å²) in [7, 11) is 1.77. The summed E-state index contributed by atoms with van der Waals surface area (Å²) >= 11 is 8.89. The molecule has 4 rings (SSSR count). The number of methoxy groups -OCH3 is 1. The van der Waals surface area contributed by atoms with E-state index in [4.69, 9.17) is 21.3 Å². The highest BCUT2D eigenvalue weighted by atomic mass is 35.5. The number of nitrogens with zero attached hydrogens (tertiary/aromatic N) is 4. The van der Waals surface area contributed by atoms with Crippen LogP contribution in [0.2, 0.25) is 5.02 Å². The minimum Gasteiger partial charge on any atom is -0.494 e. The third kappa shape index (κ3) is 4.95. The van der Waals surface area contributed by atoms with E-state index < -0.39 is 16.1 Å². The molecule has 8 nitrogen and oxygen atoms in total. The van der Waals surface area contributed by atoms with Gasteiger partial charge in [0.15, 0.2) is 5.13 Å². The normalized spacial score (nSPS) is 17.0. The molecule has 1 aliphatic rings. The SMILES string of the molecule is COc1ccc(Cl)c2sc(N(CCCN(C)C)C(=O)C3CCCN3S(=O)(=O)c3cccs3)nc12. The molecule has 1 atom stereocenters. The maximum absolute atomic E-state index is 13.9. The Labute approximate surface area is 212 Å². The van der Waals surface area contributed by atoms with E-state index in [1.807, 2.05) is 19.0 Å². The number of thiazole rings is 1. The predicted octanol–water partition coefficient (Wildman–Crippen LogP) is 4.16. The van der Waals surface area contributed by atoms with Crippen LogP contribution in [0.25, 0.3) is 10.2 Å². The number of benzene rings is 1. The quantitative estimate of drug-likeness (QED) is 0.404. The van der Waals surface area contributed by atoms with Crippen molar-refractivity contribution in [1.82, 2.24) is 14.2 Å². The molecule has 12 heteroatoms. The Balaban J connectivity index is 1.70. The number of amides is 1. The number of fused-ring (bicyclic) bond motifs is 1. The number of carbonyl (C=O) groups excluding carboxylic acids is 1. The standard InChI is InChI=1S/C22H27ClN4O4S3/c1-25(2)11-6-12-26(22-24-19-17(31-3)10-9-15(23)20(19)33-22)21(28)16-7-4-13-27(16)34(29,30)18-8-5-14-32-18/h5,8-10,14,16H,4,6-7,11-13H2,1-3H3. The first kappa shape index (κ1) is 25.3. The molecule has 2 aromatic heterocycles. The Kier molecular flexibility index (Phi) is 7.80. The molecule has 1 unspecified atom stereocenters. The Hall–Kier alpha value is -1.76. The van der Waals surface area contributed by atoms with Crippen molar-refractivity contribution in [3.05, 3.63) is 34.7 Å². The molecule has 1 amide bonds. The fourth-order valence-corrected chi connectivity index (χ4v) is 8.10. The van der Waals surface area contributed by atoms with E-state index in [1.54, 1.807) is 41.7 Å². The molecular weight excluding hydrogens is 516 g/mol. The largest absolute Gasteiger partial charge is 0.494 e. The van der Waals surface area contributed by atoms with E-state index in [0.29, 0.717) is 53.8 Å². The molecule has 3 aromatic rings. The van der Waals surface area contributed by atoms with Crippen LogP contribution in [0.4, 0.5) is 5.13 Å². The number of halogens is 1. The lowest BCUT2D eigenvalue weighted by Gasteiger charge is -2.28. The molecule has 34 heavy (non-hydrogen) atoms. The first-order chi connectivity index (χ1) is 16.2. The van der Waals surface area contributed by atoms with Crippen LogP contribution in [0.5, 0.6) is 5.75 Å². The number of aromatic nitrogens is 1. The smallest absolute Gasteiger partial charge is 0.253 e. The molecule has 0 saturated carbocycles. The number of anilines is 1. The molecule has 1 aromatic carbocycles. The van der Waals surface area contributed by atoms with Crippen molar-refractivity contribution >= 4 is 65.6 Å². The number of hydrogen-bond donors (Lipinski definition) is 0. The average molecular weight is 543 g/mol. The van der Waals surface area contributed by atoms with Crippen molar-refractivity contribution < 1.29 is 17.9 Å². The highest BCUT2D eigenvalue weighted by molar-refractivity contribution is 7.91. The van der Waals surface area contributed by atoms with Gasteiger partial charge in [0.05, 0.1) is 16.8 Å². The van der Waals surface area contributed by atoms with E-state index in [-0.39, 0.29) is 10.1 Å². The Morgan fingerprint density at radius 3 is 2.76 bits per heavy atom. The number of rotatable bonds is 9. The second-order valence-electron chi connectivity index (χ2n) is 8.28. The summed E-state index contributed by atoms with van der Waals surface area (Å²) < 4.78 is 34.3. The molecular formula is C22H27ClN4O4S3. The second kappa shape index (κ2) is 10.5. The Morgan fingerprint density at radius 2 is 2.09 bits per heavy atom. The third-order valence-corrected chi connectivity index (χ3v) is 10.5. The molecule has 0 radical (unpaired) electrons. The van der Waals surface area contributed by atoms with Gasteiger partial charge < -0.3 is 9.64 Å². The lowest BCUT2D eigenvalue weighted by Crippen LogP contribution is -2.48. The molecule has 184 valence electrons. The van der Waals surface area contributed by atoms with Crippen LogP contribution < -0.4 is 9.64 Å². The summed E-state index contributed by atoms with van der Waals surface area (Å²) in [5.74, 6) is 0.316. The van der Waals surface area contributed by atoms with Gasteiger partial charge in [-0.05, 0) is 63.5 Å². The first-order valence-electron chi connectivity index (χ1n) is 10.9. The van der Waals surface area contributed by atoms with Gasteiger partial charge in [0.1, 0.15) is 21.5 Å². The van der Waals surface area contributed by atoms with Gasteiger partial charge in [0.2, 0.25) is 5.91 Å². The Bertz CT molecular complexity index is 1260. The molecule has 0 spiro atoms. The van der Waals surface area contributed by atoms with Crippen molar-refractivity contribution in [2.45, 2.75) is 29.5 Å². The molecule has 3 heterocycles. The predicted molar refractivity (Wildman–Crippen MR) is 138 cm³/mol. The number of sulfonamides is 1. The van der Waals surface area contributed by atoms with Crippen LogP contribution in [-0.2, 0) is 14.8 Å². The van der Waals surface area contributed by atoms with E-state index in [0.717, 1.165) is 22.6 Å². The minimum atomic E-state index is -3.74. The fourth-order valence-electron chi connectivity index (χ4n) is 4.05. The van der Waals surface area contributed by atoms with Gasteiger partial charge in [-0.3, -0.25) is 9.69 Å². The number of carbonyl (C=O) groups is 1. The molecule has 1 saturated heterocycles. The summed E-state index contributed by atoms with van der Waals surface area (Å²) in [6.07, 6.45) is 1.82. The van der Waals surface area contributed by atoms with Crippen molar-refractivity contribution in [2.24, 2.45) is 0 Å². The lowest BCUT2D eigenvalue weighted by atomic mass is 10.2. The van der Waals surface area contributed by atoms with E-state index >= 15 is 0 Å². The van der Waals surface area contributed by atoms with Gasteiger partial charge in [-0.15, -0.1) is 11.3 Å². The van der Waals surface area contributed by atoms with Crippen LogP contribution in [0, 0.1) is 0 Å². The summed E-state index contributed by atoms with van der Waals surface area (Å²) in [6, 6.07) is 6.01. The van der Waals surface area contributed by atoms with Crippen molar-refractivity contribution in [2.75, 3.05) is 45.7 Å². The zero-order valence-electron chi connectivity index (χ0n) is 19.2. The summed E-state index contributed by atoms with van der Waals surface area (Å²) in [5.41, 5.74) is 0.592. The van der Waals surface area contributed by atoms with Crippen molar-refractivity contribution in [3.8, 4) is 5.75 Å².